The highest BCUT2D eigenvalue weighted by Crippen LogP contribution is 2.23. The number of aryl methyl sites for hydroxylation is 1. The molecule has 0 saturated heterocycles. The molecule has 0 saturated carbocycles. The molecule has 2 N–H and O–H groups in total. The summed E-state index contributed by atoms with van der Waals surface area (Å²) in [5.74, 6) is -1.59. The molecule has 0 aliphatic carbocycles. The molecule has 5 heteroatoms. The van der Waals surface area contributed by atoms with Crippen LogP contribution in [0.4, 0.5) is 4.39 Å². The summed E-state index contributed by atoms with van der Waals surface area (Å²) in [5, 5.41) is 15.6. The minimum absolute atomic E-state index is 0.0351. The summed E-state index contributed by atoms with van der Waals surface area (Å²) < 4.78 is 13.1. The molecule has 0 unspecified atom stereocenters. The maximum absolute atomic E-state index is 13.1. The highest BCUT2D eigenvalue weighted by Gasteiger charge is 2.14. The van der Waals surface area contributed by atoms with E-state index in [1.807, 2.05) is 0 Å². The average Bonchev–Trinajstić information content (AvgIpc) is 2.64. The van der Waals surface area contributed by atoms with Gasteiger partial charge in [0.05, 0.1) is 11.3 Å². The molecule has 0 radical (unpaired) electrons. The van der Waals surface area contributed by atoms with E-state index < -0.39 is 11.8 Å². The van der Waals surface area contributed by atoms with Gasteiger partial charge in [0.2, 0.25) is 0 Å². The first kappa shape index (κ1) is 10.4. The number of carboxylic acid groups (broad SMARTS) is 1. The van der Waals surface area contributed by atoms with Gasteiger partial charge in [-0.3, -0.25) is 5.10 Å². The molecule has 0 fully saturated rings. The van der Waals surface area contributed by atoms with Crippen molar-refractivity contribution < 1.29 is 14.3 Å². The molecule has 1 aromatic heterocycles. The maximum atomic E-state index is 13.1. The summed E-state index contributed by atoms with van der Waals surface area (Å²) in [5.41, 5.74) is 1.52. The molecule has 1 heterocycles. The lowest BCUT2D eigenvalue weighted by molar-refractivity contribution is 0.0697. The lowest BCUT2D eigenvalue weighted by Crippen LogP contribution is -2.00. The van der Waals surface area contributed by atoms with Gasteiger partial charge in [-0.25, -0.2) is 9.18 Å². The molecule has 1 aromatic carbocycles. The van der Waals surface area contributed by atoms with E-state index in [1.165, 1.54) is 12.1 Å². The van der Waals surface area contributed by atoms with Crippen LogP contribution in [0.25, 0.3) is 11.3 Å². The number of nitrogens with zero attached hydrogens (tertiary/aromatic N) is 1. The number of aromatic carboxylic acids is 1. The van der Waals surface area contributed by atoms with Crippen molar-refractivity contribution in [2.75, 3.05) is 0 Å². The highest BCUT2D eigenvalue weighted by molar-refractivity contribution is 5.95. The molecular weight excluding hydrogens is 211 g/mol. The fraction of sp³-hybridized carbons (Fsp3) is 0.0909. The Hall–Kier alpha value is -2.17. The monoisotopic (exact) mass is 220 g/mol. The molecule has 0 bridgehead atoms. The zero-order valence-corrected chi connectivity index (χ0v) is 8.49. The third-order valence-electron chi connectivity index (χ3n) is 2.19. The van der Waals surface area contributed by atoms with Gasteiger partial charge in [-0.05, 0) is 31.2 Å². The summed E-state index contributed by atoms with van der Waals surface area (Å²) in [6, 6.07) is 5.18. The van der Waals surface area contributed by atoms with Crippen LogP contribution in [0.15, 0.2) is 24.3 Å². The van der Waals surface area contributed by atoms with Gasteiger partial charge >= 0.3 is 5.97 Å². The number of halogens is 1. The second-order valence-corrected chi connectivity index (χ2v) is 3.43. The smallest absolute Gasteiger partial charge is 0.336 e. The number of benzene rings is 1. The number of nitrogens with one attached hydrogen (secondary N) is 1. The molecule has 0 amide bonds. The SMILES string of the molecule is Cc1cc(-c2cc(F)ccc2C(=O)O)n[nH]1. The number of carboxylic acids is 1. The third-order valence-corrected chi connectivity index (χ3v) is 2.19. The normalized spacial score (nSPS) is 10.4. The predicted molar refractivity (Wildman–Crippen MR) is 55.7 cm³/mol. The molecule has 16 heavy (non-hydrogen) atoms. The molecule has 2 rings (SSSR count). The number of rotatable bonds is 2. The number of hydrogen-bond donors (Lipinski definition) is 2. The minimum atomic E-state index is -1.10. The van der Waals surface area contributed by atoms with Gasteiger partial charge in [0.25, 0.3) is 0 Å². The average molecular weight is 220 g/mol. The van der Waals surface area contributed by atoms with Crippen LogP contribution in [0.1, 0.15) is 16.1 Å². The highest BCUT2D eigenvalue weighted by atomic mass is 19.1. The van der Waals surface area contributed by atoms with Crippen LogP contribution in [0.2, 0.25) is 0 Å². The van der Waals surface area contributed by atoms with E-state index in [2.05, 4.69) is 10.2 Å². The quantitative estimate of drug-likeness (QED) is 0.815. The van der Waals surface area contributed by atoms with E-state index in [0.717, 1.165) is 11.8 Å². The van der Waals surface area contributed by atoms with Gasteiger partial charge in [0.15, 0.2) is 0 Å². The van der Waals surface area contributed by atoms with E-state index in [-0.39, 0.29) is 11.1 Å². The van der Waals surface area contributed by atoms with Crippen molar-refractivity contribution in [2.45, 2.75) is 6.92 Å². The maximum Gasteiger partial charge on any atom is 0.336 e. The first-order valence-electron chi connectivity index (χ1n) is 4.63. The van der Waals surface area contributed by atoms with E-state index in [0.29, 0.717) is 5.69 Å². The molecule has 0 atom stereocenters. The zero-order valence-electron chi connectivity index (χ0n) is 8.49. The molecule has 0 aliphatic heterocycles. The second kappa shape index (κ2) is 3.77. The van der Waals surface area contributed by atoms with Gasteiger partial charge < -0.3 is 5.11 Å². The van der Waals surface area contributed by atoms with Gasteiger partial charge in [0, 0.05) is 11.3 Å². The van der Waals surface area contributed by atoms with E-state index >= 15 is 0 Å². The topological polar surface area (TPSA) is 66.0 Å². The molecule has 82 valence electrons. The summed E-state index contributed by atoms with van der Waals surface area (Å²) in [7, 11) is 0. The molecule has 2 aromatic rings. The van der Waals surface area contributed by atoms with Crippen LogP contribution in [0, 0.1) is 12.7 Å². The van der Waals surface area contributed by atoms with Gasteiger partial charge in [0.1, 0.15) is 5.82 Å². The lowest BCUT2D eigenvalue weighted by Gasteiger charge is -2.02. The molecule has 0 spiro atoms. The summed E-state index contributed by atoms with van der Waals surface area (Å²) in [6.07, 6.45) is 0. The number of carbonyl (C=O) groups is 1. The van der Waals surface area contributed by atoms with Crippen molar-refractivity contribution in [2.24, 2.45) is 0 Å². The van der Waals surface area contributed by atoms with Crippen molar-refractivity contribution in [3.8, 4) is 11.3 Å². The second-order valence-electron chi connectivity index (χ2n) is 3.43. The van der Waals surface area contributed by atoms with Gasteiger partial charge in [-0.15, -0.1) is 0 Å². The lowest BCUT2D eigenvalue weighted by atomic mass is 10.0. The summed E-state index contributed by atoms with van der Waals surface area (Å²) in [4.78, 5) is 11.0. The van der Waals surface area contributed by atoms with E-state index in [1.54, 1.807) is 13.0 Å². The van der Waals surface area contributed by atoms with E-state index in [9.17, 15) is 9.18 Å². The Kier molecular flexibility index (Phi) is 2.44. The van der Waals surface area contributed by atoms with Crippen molar-refractivity contribution in [1.29, 1.82) is 0 Å². The fourth-order valence-electron chi connectivity index (χ4n) is 1.47. The predicted octanol–water partition coefficient (Wildman–Crippen LogP) is 2.22. The van der Waals surface area contributed by atoms with Crippen LogP contribution in [0.5, 0.6) is 0 Å². The van der Waals surface area contributed by atoms with E-state index in [4.69, 9.17) is 5.11 Å². The molecule has 4 nitrogen and oxygen atoms in total. The Bertz CT molecular complexity index is 549. The minimum Gasteiger partial charge on any atom is -0.478 e. The van der Waals surface area contributed by atoms with Crippen LogP contribution >= 0.6 is 0 Å². The fourth-order valence-corrected chi connectivity index (χ4v) is 1.47. The Morgan fingerprint density at radius 3 is 2.75 bits per heavy atom. The zero-order chi connectivity index (χ0) is 11.7. The summed E-state index contributed by atoms with van der Waals surface area (Å²) in [6.45, 7) is 1.79. The van der Waals surface area contributed by atoms with Crippen molar-refractivity contribution in [3.63, 3.8) is 0 Å². The Balaban J connectivity index is 2.62. The van der Waals surface area contributed by atoms with Gasteiger partial charge in [-0.2, -0.15) is 5.10 Å². The number of aromatic nitrogens is 2. The first-order valence-corrected chi connectivity index (χ1v) is 4.63. The van der Waals surface area contributed by atoms with Crippen LogP contribution in [-0.2, 0) is 0 Å². The Morgan fingerprint density at radius 1 is 1.44 bits per heavy atom. The number of aromatic amines is 1. The number of hydrogen-bond acceptors (Lipinski definition) is 2. The largest absolute Gasteiger partial charge is 0.478 e. The summed E-state index contributed by atoms with van der Waals surface area (Å²) >= 11 is 0. The van der Waals surface area contributed by atoms with Crippen molar-refractivity contribution in [1.82, 2.24) is 10.2 Å². The van der Waals surface area contributed by atoms with Gasteiger partial charge in [-0.1, -0.05) is 0 Å². The molecule has 0 aliphatic rings. The standard InChI is InChI=1S/C11H9FN2O2/c1-6-4-10(14-13-6)9-5-7(12)2-3-8(9)11(15)16/h2-5H,1H3,(H,13,14)(H,15,16). The van der Waals surface area contributed by atoms with Crippen molar-refractivity contribution in [3.05, 3.63) is 41.3 Å². The third kappa shape index (κ3) is 1.79. The first-order chi connectivity index (χ1) is 7.58. The Morgan fingerprint density at radius 2 is 2.19 bits per heavy atom. The van der Waals surface area contributed by atoms with Crippen molar-refractivity contribution >= 4 is 5.97 Å². The van der Waals surface area contributed by atoms with Crippen LogP contribution < -0.4 is 0 Å². The van der Waals surface area contributed by atoms with Crippen LogP contribution in [-0.4, -0.2) is 21.3 Å². The molecular formula is C11H9FN2O2. The van der Waals surface area contributed by atoms with Crippen LogP contribution in [0.3, 0.4) is 0 Å². The Labute approximate surface area is 90.7 Å². The number of H-pyrrole nitrogens is 1.